The van der Waals surface area contributed by atoms with Gasteiger partial charge in [-0.3, -0.25) is 14.5 Å². The van der Waals surface area contributed by atoms with Crippen LogP contribution in [0, 0.1) is 0 Å². The van der Waals surface area contributed by atoms with Gasteiger partial charge in [-0.15, -0.1) is 12.4 Å². The fourth-order valence-electron chi connectivity index (χ4n) is 2.59. The Hall–Kier alpha value is -1.39. The summed E-state index contributed by atoms with van der Waals surface area (Å²) in [7, 11) is 0. The summed E-state index contributed by atoms with van der Waals surface area (Å²) in [5, 5.41) is 3.23. The van der Waals surface area contributed by atoms with Crippen LogP contribution in [0.5, 0.6) is 0 Å². The van der Waals surface area contributed by atoms with Crippen LogP contribution < -0.4 is 5.32 Å². The van der Waals surface area contributed by atoms with Crippen molar-refractivity contribution < 1.29 is 9.59 Å². The third kappa shape index (κ3) is 1.91. The molecule has 0 saturated carbocycles. The molecule has 0 unspecified atom stereocenters. The predicted octanol–water partition coefficient (Wildman–Crippen LogP) is 1.46. The van der Waals surface area contributed by atoms with E-state index in [0.717, 1.165) is 19.4 Å². The Morgan fingerprint density at radius 1 is 1.11 bits per heavy atom. The second kappa shape index (κ2) is 5.08. The number of nitrogens with one attached hydrogen (secondary N) is 1. The lowest BCUT2D eigenvalue weighted by Gasteiger charge is -2.29. The van der Waals surface area contributed by atoms with E-state index in [2.05, 4.69) is 5.32 Å². The minimum atomic E-state index is -0.140. The van der Waals surface area contributed by atoms with E-state index in [9.17, 15) is 9.59 Å². The number of fused-ring (bicyclic) bond motifs is 1. The van der Waals surface area contributed by atoms with Crippen LogP contribution in [-0.2, 0) is 0 Å². The number of rotatable bonds is 1. The predicted molar refractivity (Wildman–Crippen MR) is 70.1 cm³/mol. The molecule has 1 N–H and O–H groups in total. The number of benzene rings is 1. The molecule has 2 aliphatic rings. The zero-order chi connectivity index (χ0) is 11.8. The average Bonchev–Trinajstić information content (AvgIpc) is 2.64. The van der Waals surface area contributed by atoms with E-state index >= 15 is 0 Å². The van der Waals surface area contributed by atoms with Crippen molar-refractivity contribution in [2.24, 2.45) is 0 Å². The summed E-state index contributed by atoms with van der Waals surface area (Å²) in [6.45, 7) is 1.69. The van der Waals surface area contributed by atoms with Crippen molar-refractivity contribution in [3.8, 4) is 0 Å². The van der Waals surface area contributed by atoms with E-state index in [0.29, 0.717) is 17.7 Å². The molecule has 0 spiro atoms. The molecule has 1 saturated heterocycles. The van der Waals surface area contributed by atoms with E-state index in [1.165, 1.54) is 4.90 Å². The van der Waals surface area contributed by atoms with Gasteiger partial charge in [-0.1, -0.05) is 12.1 Å². The Balaban J connectivity index is 0.00000120. The summed E-state index contributed by atoms with van der Waals surface area (Å²) < 4.78 is 0. The molecule has 0 aliphatic carbocycles. The second-order valence-corrected chi connectivity index (χ2v) is 4.53. The molecule has 1 fully saturated rings. The smallest absolute Gasteiger partial charge is 0.261 e. The van der Waals surface area contributed by atoms with Crippen LogP contribution in [0.3, 0.4) is 0 Å². The van der Waals surface area contributed by atoms with Gasteiger partial charge in [-0.2, -0.15) is 0 Å². The highest BCUT2D eigenvalue weighted by atomic mass is 35.5. The molecule has 2 heterocycles. The zero-order valence-corrected chi connectivity index (χ0v) is 10.7. The molecule has 0 radical (unpaired) electrons. The molecular weight excluding hydrogens is 252 g/mol. The summed E-state index contributed by atoms with van der Waals surface area (Å²) in [5.41, 5.74) is 1.09. The van der Waals surface area contributed by atoms with Crippen molar-refractivity contribution in [2.75, 3.05) is 13.1 Å². The number of amides is 2. The summed E-state index contributed by atoms with van der Waals surface area (Å²) in [6.07, 6.45) is 1.91. The lowest BCUT2D eigenvalue weighted by Crippen LogP contribution is -2.48. The van der Waals surface area contributed by atoms with Crippen LogP contribution in [0.25, 0.3) is 0 Å². The van der Waals surface area contributed by atoms with Crippen LogP contribution in [0.1, 0.15) is 33.6 Å². The lowest BCUT2D eigenvalue weighted by molar-refractivity contribution is 0.0561. The maximum absolute atomic E-state index is 12.2. The van der Waals surface area contributed by atoms with Crippen molar-refractivity contribution in [2.45, 2.75) is 18.9 Å². The quantitative estimate of drug-likeness (QED) is 0.783. The van der Waals surface area contributed by atoms with Crippen LogP contribution in [0.4, 0.5) is 0 Å². The van der Waals surface area contributed by atoms with E-state index in [4.69, 9.17) is 0 Å². The Morgan fingerprint density at radius 3 is 2.22 bits per heavy atom. The third-order valence-corrected chi connectivity index (χ3v) is 3.46. The Bertz CT molecular complexity index is 449. The van der Waals surface area contributed by atoms with Gasteiger partial charge >= 0.3 is 0 Å². The van der Waals surface area contributed by atoms with Crippen molar-refractivity contribution in [1.82, 2.24) is 10.2 Å². The van der Waals surface area contributed by atoms with E-state index in [1.54, 1.807) is 24.3 Å². The number of carbonyl (C=O) groups is 2. The van der Waals surface area contributed by atoms with Crippen molar-refractivity contribution in [1.29, 1.82) is 0 Å². The van der Waals surface area contributed by atoms with Crippen LogP contribution in [-0.4, -0.2) is 35.8 Å². The monoisotopic (exact) mass is 266 g/mol. The minimum Gasteiger partial charge on any atom is -0.315 e. The standard InChI is InChI=1S/C13H14N2O2.ClH/c16-12-10-5-1-2-6-11(10)13(17)15(12)9-4-3-7-14-8-9;/h1-2,5-6,9,14H,3-4,7-8H2;1H/t9-;/m0./s1. The van der Waals surface area contributed by atoms with Crippen molar-refractivity contribution >= 4 is 24.2 Å². The molecule has 0 bridgehead atoms. The first kappa shape index (κ1) is 13.1. The number of nitrogens with zero attached hydrogens (tertiary/aromatic N) is 1. The number of imide groups is 1. The molecule has 4 nitrogen and oxygen atoms in total. The highest BCUT2D eigenvalue weighted by Crippen LogP contribution is 2.26. The largest absolute Gasteiger partial charge is 0.315 e. The summed E-state index contributed by atoms with van der Waals surface area (Å²) in [5.74, 6) is -0.279. The molecule has 96 valence electrons. The highest BCUT2D eigenvalue weighted by Gasteiger charge is 2.39. The number of piperidine rings is 1. The van der Waals surface area contributed by atoms with Gasteiger partial charge in [0.1, 0.15) is 0 Å². The lowest BCUT2D eigenvalue weighted by atomic mass is 10.1. The highest BCUT2D eigenvalue weighted by molar-refractivity contribution is 6.21. The maximum atomic E-state index is 12.2. The van der Waals surface area contributed by atoms with Gasteiger partial charge in [0, 0.05) is 6.54 Å². The number of hydrogen-bond donors (Lipinski definition) is 1. The zero-order valence-electron chi connectivity index (χ0n) is 9.89. The van der Waals surface area contributed by atoms with Crippen molar-refractivity contribution in [3.05, 3.63) is 35.4 Å². The van der Waals surface area contributed by atoms with Gasteiger partial charge < -0.3 is 5.32 Å². The SMILES string of the molecule is Cl.O=C1c2ccccc2C(=O)N1[C@H]1CCCNC1. The Labute approximate surface area is 112 Å². The summed E-state index contributed by atoms with van der Waals surface area (Å²) in [6, 6.07) is 7.06. The van der Waals surface area contributed by atoms with Gasteiger partial charge in [0.15, 0.2) is 0 Å². The second-order valence-electron chi connectivity index (χ2n) is 4.53. The summed E-state index contributed by atoms with van der Waals surface area (Å²) >= 11 is 0. The Morgan fingerprint density at radius 2 is 1.72 bits per heavy atom. The van der Waals surface area contributed by atoms with Crippen LogP contribution >= 0.6 is 12.4 Å². The van der Waals surface area contributed by atoms with Gasteiger partial charge in [0.05, 0.1) is 17.2 Å². The van der Waals surface area contributed by atoms with Gasteiger partial charge in [0.2, 0.25) is 0 Å². The molecule has 2 amide bonds. The molecular formula is C13H15ClN2O2. The molecule has 1 atom stereocenters. The maximum Gasteiger partial charge on any atom is 0.261 e. The van der Waals surface area contributed by atoms with Gasteiger partial charge in [0.25, 0.3) is 11.8 Å². The average molecular weight is 267 g/mol. The van der Waals surface area contributed by atoms with E-state index in [-0.39, 0.29) is 30.3 Å². The molecule has 18 heavy (non-hydrogen) atoms. The Kier molecular flexibility index (Phi) is 3.68. The summed E-state index contributed by atoms with van der Waals surface area (Å²) in [4.78, 5) is 25.8. The van der Waals surface area contributed by atoms with Crippen molar-refractivity contribution in [3.63, 3.8) is 0 Å². The molecule has 0 aromatic heterocycles. The molecule has 3 rings (SSSR count). The minimum absolute atomic E-state index is 0. The first-order valence-corrected chi connectivity index (χ1v) is 5.96. The van der Waals surface area contributed by atoms with Crippen LogP contribution in [0.2, 0.25) is 0 Å². The van der Waals surface area contributed by atoms with Gasteiger partial charge in [-0.25, -0.2) is 0 Å². The topological polar surface area (TPSA) is 49.4 Å². The fraction of sp³-hybridized carbons (Fsp3) is 0.385. The molecule has 5 heteroatoms. The number of carbonyl (C=O) groups excluding carboxylic acids is 2. The number of halogens is 1. The number of hydrogen-bond acceptors (Lipinski definition) is 3. The first-order valence-electron chi connectivity index (χ1n) is 5.96. The molecule has 1 aromatic rings. The normalized spacial score (nSPS) is 22.7. The molecule has 2 aliphatic heterocycles. The van der Waals surface area contributed by atoms with Gasteiger partial charge in [-0.05, 0) is 31.5 Å². The molecule has 1 aromatic carbocycles. The van der Waals surface area contributed by atoms with Crippen LogP contribution in [0.15, 0.2) is 24.3 Å². The first-order chi connectivity index (χ1) is 8.29. The van der Waals surface area contributed by atoms with E-state index in [1.807, 2.05) is 0 Å². The third-order valence-electron chi connectivity index (χ3n) is 3.46. The fourth-order valence-corrected chi connectivity index (χ4v) is 2.59. The van der Waals surface area contributed by atoms with E-state index < -0.39 is 0 Å².